The molecule has 1 aromatic carbocycles. The highest BCUT2D eigenvalue weighted by atomic mass is 19.1. The molecule has 0 aliphatic carbocycles. The monoisotopic (exact) mass is 344 g/mol. The van der Waals surface area contributed by atoms with Gasteiger partial charge in [0.2, 0.25) is 0 Å². The van der Waals surface area contributed by atoms with Gasteiger partial charge < -0.3 is 14.1 Å². The summed E-state index contributed by atoms with van der Waals surface area (Å²) in [6.07, 6.45) is 0.839. The van der Waals surface area contributed by atoms with Gasteiger partial charge in [0.1, 0.15) is 29.5 Å². The zero-order chi connectivity index (χ0) is 17.4. The number of furan rings is 1. The van der Waals surface area contributed by atoms with Crippen molar-refractivity contribution in [2.75, 3.05) is 31.1 Å². The molecule has 2 fully saturated rings. The van der Waals surface area contributed by atoms with Gasteiger partial charge in [-0.25, -0.2) is 4.39 Å². The van der Waals surface area contributed by atoms with Crippen molar-refractivity contribution in [2.45, 2.75) is 25.5 Å². The van der Waals surface area contributed by atoms with Gasteiger partial charge in [0, 0.05) is 18.8 Å². The van der Waals surface area contributed by atoms with Gasteiger partial charge in [-0.2, -0.15) is 0 Å². The number of amides is 1. The number of carbonyl (C=O) groups excluding carboxylic acids is 1. The molecule has 132 valence electrons. The Bertz CT molecular complexity index is 790. The third kappa shape index (κ3) is 3.32. The zero-order valence-corrected chi connectivity index (χ0v) is 14.2. The van der Waals surface area contributed by atoms with Crippen LogP contribution in [0.4, 0.5) is 10.1 Å². The van der Waals surface area contributed by atoms with Crippen LogP contribution in [0.3, 0.4) is 0 Å². The maximum atomic E-state index is 13.5. The summed E-state index contributed by atoms with van der Waals surface area (Å²) in [5, 5.41) is 0. The average molecular weight is 344 g/mol. The molecule has 2 aromatic rings. The minimum absolute atomic E-state index is 0.0320. The number of rotatable bonds is 3. The van der Waals surface area contributed by atoms with Crippen LogP contribution >= 0.6 is 0 Å². The third-order valence-electron chi connectivity index (χ3n) is 4.94. The Hall–Kier alpha value is -2.18. The molecular weight excluding hydrogens is 323 g/mol. The predicted molar refractivity (Wildman–Crippen MR) is 90.8 cm³/mol. The number of ether oxygens (including phenoxy) is 1. The van der Waals surface area contributed by atoms with E-state index in [4.69, 9.17) is 9.15 Å². The van der Waals surface area contributed by atoms with Crippen molar-refractivity contribution in [3.8, 4) is 0 Å². The van der Waals surface area contributed by atoms with Crippen LogP contribution in [0.2, 0.25) is 0 Å². The lowest BCUT2D eigenvalue weighted by atomic mass is 10.00. The molecule has 4 rings (SSSR count). The molecule has 1 unspecified atom stereocenters. The van der Waals surface area contributed by atoms with E-state index in [1.54, 1.807) is 17.0 Å². The van der Waals surface area contributed by atoms with Crippen molar-refractivity contribution < 1.29 is 18.3 Å². The van der Waals surface area contributed by atoms with Crippen molar-refractivity contribution in [3.05, 3.63) is 53.7 Å². The van der Waals surface area contributed by atoms with E-state index in [9.17, 15) is 9.18 Å². The number of morpholine rings is 1. The Morgan fingerprint density at radius 1 is 1.24 bits per heavy atom. The molecule has 0 N–H and O–H groups in total. The minimum Gasteiger partial charge on any atom is -0.465 e. The lowest BCUT2D eigenvalue weighted by Crippen LogP contribution is -2.56. The molecule has 1 amide bonds. The quantitative estimate of drug-likeness (QED) is 0.859. The van der Waals surface area contributed by atoms with E-state index < -0.39 is 5.60 Å². The number of aryl methyl sites for hydroxylation is 1. The van der Waals surface area contributed by atoms with Crippen LogP contribution in [0, 0.1) is 12.7 Å². The molecule has 2 saturated heterocycles. The number of hydrogen-bond donors (Lipinski definition) is 0. The topological polar surface area (TPSA) is 45.9 Å². The van der Waals surface area contributed by atoms with Gasteiger partial charge in [-0.3, -0.25) is 9.69 Å². The fourth-order valence-electron chi connectivity index (χ4n) is 3.69. The summed E-state index contributed by atoms with van der Waals surface area (Å²) in [5.74, 6) is 1.37. The molecule has 0 saturated carbocycles. The minimum atomic E-state index is -0.401. The Labute approximate surface area is 146 Å². The highest BCUT2D eigenvalue weighted by Crippen LogP contribution is 2.33. The lowest BCUT2D eigenvalue weighted by Gasteiger charge is -2.40. The summed E-state index contributed by atoms with van der Waals surface area (Å²) in [7, 11) is 0. The van der Waals surface area contributed by atoms with Crippen molar-refractivity contribution in [3.63, 3.8) is 0 Å². The Balaban J connectivity index is 1.48. The van der Waals surface area contributed by atoms with E-state index >= 15 is 0 Å². The molecule has 1 spiro atoms. The molecule has 0 bridgehead atoms. The van der Waals surface area contributed by atoms with Crippen molar-refractivity contribution in [1.29, 1.82) is 0 Å². The number of hydrogen-bond acceptors (Lipinski definition) is 4. The molecule has 1 aromatic heterocycles. The van der Waals surface area contributed by atoms with Crippen LogP contribution in [0.25, 0.3) is 0 Å². The van der Waals surface area contributed by atoms with Crippen molar-refractivity contribution in [2.24, 2.45) is 0 Å². The van der Waals surface area contributed by atoms with Crippen LogP contribution < -0.4 is 4.90 Å². The average Bonchev–Trinajstić information content (AvgIpc) is 3.17. The number of halogens is 1. The molecule has 2 aliphatic heterocycles. The summed E-state index contributed by atoms with van der Waals surface area (Å²) in [4.78, 5) is 16.2. The van der Waals surface area contributed by atoms with Gasteiger partial charge in [-0.1, -0.05) is 6.07 Å². The lowest BCUT2D eigenvalue weighted by molar-refractivity contribution is -0.137. The van der Waals surface area contributed by atoms with E-state index in [2.05, 4.69) is 4.90 Å². The molecule has 3 heterocycles. The molecule has 6 heteroatoms. The van der Waals surface area contributed by atoms with E-state index in [1.165, 1.54) is 12.1 Å². The van der Waals surface area contributed by atoms with Crippen LogP contribution in [-0.2, 0) is 16.1 Å². The SMILES string of the molecule is Cc1ccc(CN2CCC3(C2)CN(c2cccc(F)c2)C(=O)CO3)o1. The number of anilines is 1. The first-order valence-corrected chi connectivity index (χ1v) is 8.51. The number of nitrogens with zero attached hydrogens (tertiary/aromatic N) is 2. The normalized spacial score (nSPS) is 24.4. The van der Waals surface area contributed by atoms with Crippen LogP contribution in [0.15, 0.2) is 40.8 Å². The van der Waals surface area contributed by atoms with E-state index in [1.807, 2.05) is 19.1 Å². The Morgan fingerprint density at radius 2 is 2.12 bits per heavy atom. The molecule has 5 nitrogen and oxygen atoms in total. The van der Waals surface area contributed by atoms with Crippen LogP contribution in [0.1, 0.15) is 17.9 Å². The summed E-state index contributed by atoms with van der Waals surface area (Å²) in [5.41, 5.74) is 0.190. The van der Waals surface area contributed by atoms with Crippen molar-refractivity contribution >= 4 is 11.6 Å². The fraction of sp³-hybridized carbons (Fsp3) is 0.421. The first-order chi connectivity index (χ1) is 12.0. The van der Waals surface area contributed by atoms with Gasteiger partial charge in [0.25, 0.3) is 5.91 Å². The largest absolute Gasteiger partial charge is 0.465 e. The molecule has 25 heavy (non-hydrogen) atoms. The second-order valence-corrected chi connectivity index (χ2v) is 6.90. The van der Waals surface area contributed by atoms with Gasteiger partial charge in [-0.15, -0.1) is 0 Å². The van der Waals surface area contributed by atoms with Crippen LogP contribution in [0.5, 0.6) is 0 Å². The first-order valence-electron chi connectivity index (χ1n) is 8.51. The highest BCUT2D eigenvalue weighted by molar-refractivity contribution is 5.95. The standard InChI is InChI=1S/C19H21FN2O3/c1-14-5-6-17(25-14)10-21-8-7-19(12-21)13-22(18(23)11-24-19)16-4-2-3-15(20)9-16/h2-6,9H,7-8,10-13H2,1H3. The van der Waals surface area contributed by atoms with Gasteiger partial charge >= 0.3 is 0 Å². The number of benzene rings is 1. The maximum absolute atomic E-state index is 13.5. The first kappa shape index (κ1) is 16.3. The number of likely N-dealkylation sites (tertiary alicyclic amines) is 1. The number of carbonyl (C=O) groups is 1. The predicted octanol–water partition coefficient (Wildman–Crippen LogP) is 2.74. The second kappa shape index (κ2) is 6.28. The summed E-state index contributed by atoms with van der Waals surface area (Å²) < 4.78 is 25.1. The Kier molecular flexibility index (Phi) is 4.09. The zero-order valence-electron chi connectivity index (χ0n) is 14.2. The Morgan fingerprint density at radius 3 is 2.88 bits per heavy atom. The summed E-state index contributed by atoms with van der Waals surface area (Å²) >= 11 is 0. The van der Waals surface area contributed by atoms with Gasteiger partial charge in [0.15, 0.2) is 0 Å². The van der Waals surface area contributed by atoms with E-state index in [0.29, 0.717) is 12.2 Å². The second-order valence-electron chi connectivity index (χ2n) is 6.90. The maximum Gasteiger partial charge on any atom is 0.253 e. The smallest absolute Gasteiger partial charge is 0.253 e. The summed E-state index contributed by atoms with van der Waals surface area (Å²) in [6.45, 7) is 4.75. The molecule has 0 radical (unpaired) electrons. The van der Waals surface area contributed by atoms with Gasteiger partial charge in [-0.05, 0) is 43.7 Å². The van der Waals surface area contributed by atoms with Gasteiger partial charge in [0.05, 0.1) is 13.1 Å². The summed E-state index contributed by atoms with van der Waals surface area (Å²) in [6, 6.07) is 10.1. The molecular formula is C19H21FN2O3. The fourth-order valence-corrected chi connectivity index (χ4v) is 3.69. The molecule has 1 atom stereocenters. The highest BCUT2D eigenvalue weighted by Gasteiger charge is 2.45. The van der Waals surface area contributed by atoms with Crippen molar-refractivity contribution in [1.82, 2.24) is 4.90 Å². The van der Waals surface area contributed by atoms with Crippen LogP contribution in [-0.4, -0.2) is 42.6 Å². The van der Waals surface area contributed by atoms with E-state index in [0.717, 1.165) is 37.6 Å². The van der Waals surface area contributed by atoms with E-state index in [-0.39, 0.29) is 18.3 Å². The molecule has 2 aliphatic rings. The third-order valence-corrected chi connectivity index (χ3v) is 4.94.